The average molecular weight is 365 g/mol. The number of thiophene rings is 1. The van der Waals surface area contributed by atoms with E-state index in [4.69, 9.17) is 4.74 Å². The zero-order chi connectivity index (χ0) is 19.4. The van der Waals surface area contributed by atoms with Crippen LogP contribution in [0.1, 0.15) is 69.4 Å². The fourth-order valence-corrected chi connectivity index (χ4v) is 2.67. The standard InChI is InChI=1S/C19H27NO4S/c1-8-13(17(23)24-19(5,6)7)20-14-11-12(9-10-18(2,3)4)25-15(14)16(21)22/h11,13,20H,8H2,1-7H3,(H,21,22). The molecule has 5 nitrogen and oxygen atoms in total. The van der Waals surface area contributed by atoms with Crippen LogP contribution in [0.3, 0.4) is 0 Å². The van der Waals surface area contributed by atoms with E-state index in [9.17, 15) is 14.7 Å². The van der Waals surface area contributed by atoms with Gasteiger partial charge in [0.2, 0.25) is 0 Å². The summed E-state index contributed by atoms with van der Waals surface area (Å²) in [6, 6.07) is 1.07. The van der Waals surface area contributed by atoms with Crippen LogP contribution in [0, 0.1) is 17.3 Å². The molecule has 0 aliphatic carbocycles. The molecule has 6 heteroatoms. The Bertz CT molecular complexity index is 696. The maximum Gasteiger partial charge on any atom is 0.348 e. The molecule has 0 radical (unpaired) electrons. The van der Waals surface area contributed by atoms with E-state index in [1.165, 1.54) is 0 Å². The summed E-state index contributed by atoms with van der Waals surface area (Å²) in [5.74, 6) is 4.65. The third kappa shape index (κ3) is 7.18. The Hall–Kier alpha value is -2.00. The first-order valence-electron chi connectivity index (χ1n) is 8.22. The Balaban J connectivity index is 3.09. The minimum atomic E-state index is -1.05. The van der Waals surface area contributed by atoms with E-state index in [0.717, 1.165) is 11.3 Å². The monoisotopic (exact) mass is 365 g/mol. The lowest BCUT2D eigenvalue weighted by molar-refractivity contribution is -0.155. The lowest BCUT2D eigenvalue weighted by Gasteiger charge is -2.24. The van der Waals surface area contributed by atoms with Gasteiger partial charge in [-0.3, -0.25) is 0 Å². The normalized spacial score (nSPS) is 12.8. The molecule has 0 saturated heterocycles. The number of carbonyl (C=O) groups excluding carboxylic acids is 1. The molecule has 0 saturated carbocycles. The molecule has 0 amide bonds. The number of hydrogen-bond donors (Lipinski definition) is 2. The van der Waals surface area contributed by atoms with E-state index in [2.05, 4.69) is 17.2 Å². The molecule has 1 aromatic rings. The molecule has 1 aromatic heterocycles. The zero-order valence-corrected chi connectivity index (χ0v) is 16.8. The van der Waals surface area contributed by atoms with Gasteiger partial charge in [0.1, 0.15) is 16.5 Å². The molecule has 25 heavy (non-hydrogen) atoms. The molecule has 0 aliphatic heterocycles. The first kappa shape index (κ1) is 21.0. The van der Waals surface area contributed by atoms with Gasteiger partial charge >= 0.3 is 11.9 Å². The summed E-state index contributed by atoms with van der Waals surface area (Å²) in [7, 11) is 0. The number of nitrogens with one attached hydrogen (secondary N) is 1. The van der Waals surface area contributed by atoms with Crippen molar-refractivity contribution in [2.45, 2.75) is 66.5 Å². The van der Waals surface area contributed by atoms with Crippen LogP contribution in [0.15, 0.2) is 6.07 Å². The van der Waals surface area contributed by atoms with Crippen molar-refractivity contribution >= 4 is 29.0 Å². The highest BCUT2D eigenvalue weighted by Gasteiger charge is 2.26. The lowest BCUT2D eigenvalue weighted by Crippen LogP contribution is -2.36. The average Bonchev–Trinajstić information content (AvgIpc) is 2.83. The Labute approximate surface area is 153 Å². The number of hydrogen-bond acceptors (Lipinski definition) is 5. The Kier molecular flexibility index (Phi) is 6.67. The van der Waals surface area contributed by atoms with Crippen molar-refractivity contribution in [2.75, 3.05) is 5.32 Å². The largest absolute Gasteiger partial charge is 0.477 e. The minimum Gasteiger partial charge on any atom is -0.477 e. The summed E-state index contributed by atoms with van der Waals surface area (Å²) in [4.78, 5) is 24.6. The van der Waals surface area contributed by atoms with Crippen LogP contribution in [0.2, 0.25) is 0 Å². The van der Waals surface area contributed by atoms with Gasteiger partial charge in [-0.1, -0.05) is 18.8 Å². The molecule has 1 unspecified atom stereocenters. The van der Waals surface area contributed by atoms with Crippen LogP contribution in [0.4, 0.5) is 5.69 Å². The first-order valence-corrected chi connectivity index (χ1v) is 9.03. The van der Waals surface area contributed by atoms with Crippen LogP contribution in [0.25, 0.3) is 0 Å². The van der Waals surface area contributed by atoms with Gasteiger partial charge in [-0.2, -0.15) is 0 Å². The predicted molar refractivity (Wildman–Crippen MR) is 101 cm³/mol. The SMILES string of the molecule is CCC(Nc1cc(C#CC(C)(C)C)sc1C(=O)O)C(=O)OC(C)(C)C. The molecule has 138 valence electrons. The highest BCUT2D eigenvalue weighted by molar-refractivity contribution is 7.15. The smallest absolute Gasteiger partial charge is 0.348 e. The number of carbonyl (C=O) groups is 2. The molecule has 1 rings (SSSR count). The summed E-state index contributed by atoms with van der Waals surface area (Å²) >= 11 is 1.10. The van der Waals surface area contributed by atoms with E-state index in [1.807, 2.05) is 27.7 Å². The second kappa shape index (κ2) is 7.92. The van der Waals surface area contributed by atoms with Gasteiger partial charge in [0, 0.05) is 5.41 Å². The summed E-state index contributed by atoms with van der Waals surface area (Å²) < 4.78 is 5.39. The Morgan fingerprint density at radius 3 is 2.32 bits per heavy atom. The molecule has 0 spiro atoms. The maximum absolute atomic E-state index is 12.3. The van der Waals surface area contributed by atoms with Crippen LogP contribution in [-0.2, 0) is 9.53 Å². The van der Waals surface area contributed by atoms with E-state index in [-0.39, 0.29) is 10.3 Å². The molecular formula is C19H27NO4S. The van der Waals surface area contributed by atoms with Crippen molar-refractivity contribution in [1.82, 2.24) is 0 Å². The van der Waals surface area contributed by atoms with Crippen LogP contribution >= 0.6 is 11.3 Å². The van der Waals surface area contributed by atoms with Gasteiger partial charge in [-0.15, -0.1) is 11.3 Å². The van der Waals surface area contributed by atoms with Gasteiger partial charge in [0.25, 0.3) is 0 Å². The van der Waals surface area contributed by atoms with Crippen LogP contribution < -0.4 is 5.32 Å². The van der Waals surface area contributed by atoms with Crippen LogP contribution in [0.5, 0.6) is 0 Å². The lowest BCUT2D eigenvalue weighted by atomic mass is 9.98. The van der Waals surface area contributed by atoms with Gasteiger partial charge in [0.15, 0.2) is 0 Å². The number of aromatic carboxylic acids is 1. The number of carboxylic acids is 1. The third-order valence-electron chi connectivity index (χ3n) is 2.92. The van der Waals surface area contributed by atoms with Gasteiger partial charge in [0.05, 0.1) is 10.6 Å². The van der Waals surface area contributed by atoms with Crippen molar-refractivity contribution in [3.05, 3.63) is 15.8 Å². The number of ether oxygens (including phenoxy) is 1. The Morgan fingerprint density at radius 1 is 1.28 bits per heavy atom. The van der Waals surface area contributed by atoms with Crippen molar-refractivity contribution in [3.8, 4) is 11.8 Å². The molecule has 1 atom stereocenters. The number of anilines is 1. The fourth-order valence-electron chi connectivity index (χ4n) is 1.86. The summed E-state index contributed by atoms with van der Waals surface area (Å²) in [6.07, 6.45) is 0.479. The number of esters is 1. The number of rotatable bonds is 5. The van der Waals surface area contributed by atoms with E-state index < -0.39 is 23.6 Å². The van der Waals surface area contributed by atoms with E-state index >= 15 is 0 Å². The molecule has 2 N–H and O–H groups in total. The Morgan fingerprint density at radius 2 is 1.88 bits per heavy atom. The van der Waals surface area contributed by atoms with E-state index in [0.29, 0.717) is 17.0 Å². The zero-order valence-electron chi connectivity index (χ0n) is 15.9. The summed E-state index contributed by atoms with van der Waals surface area (Å²) in [5, 5.41) is 12.4. The minimum absolute atomic E-state index is 0.139. The van der Waals surface area contributed by atoms with Crippen molar-refractivity contribution < 1.29 is 19.4 Å². The molecule has 0 aromatic carbocycles. The van der Waals surface area contributed by atoms with Gasteiger partial charge < -0.3 is 15.2 Å². The molecule has 0 aliphatic rings. The first-order chi connectivity index (χ1) is 11.3. The molecule has 0 fully saturated rings. The van der Waals surface area contributed by atoms with Crippen LogP contribution in [-0.4, -0.2) is 28.7 Å². The van der Waals surface area contributed by atoms with Crippen molar-refractivity contribution in [3.63, 3.8) is 0 Å². The predicted octanol–water partition coefficient (Wildman–Crippen LogP) is 4.38. The highest BCUT2D eigenvalue weighted by Crippen LogP contribution is 2.28. The summed E-state index contributed by atoms with van der Waals surface area (Å²) in [6.45, 7) is 13.2. The van der Waals surface area contributed by atoms with Gasteiger partial charge in [-0.05, 0) is 54.0 Å². The summed E-state index contributed by atoms with van der Waals surface area (Å²) in [5.41, 5.74) is -0.378. The van der Waals surface area contributed by atoms with E-state index in [1.54, 1.807) is 26.8 Å². The molecule has 1 heterocycles. The second-order valence-corrected chi connectivity index (χ2v) is 8.85. The third-order valence-corrected chi connectivity index (χ3v) is 3.95. The fraction of sp³-hybridized carbons (Fsp3) is 0.579. The van der Waals surface area contributed by atoms with Gasteiger partial charge in [-0.25, -0.2) is 9.59 Å². The second-order valence-electron chi connectivity index (χ2n) is 7.80. The highest BCUT2D eigenvalue weighted by atomic mass is 32.1. The number of carboxylic acid groups (broad SMARTS) is 1. The quantitative estimate of drug-likeness (QED) is 0.598. The maximum atomic E-state index is 12.3. The molecular weight excluding hydrogens is 338 g/mol. The van der Waals surface area contributed by atoms with Crippen molar-refractivity contribution in [2.24, 2.45) is 5.41 Å². The molecule has 0 bridgehead atoms. The van der Waals surface area contributed by atoms with Crippen molar-refractivity contribution in [1.29, 1.82) is 0 Å². The topological polar surface area (TPSA) is 75.6 Å².